The Morgan fingerprint density at radius 2 is 1.74 bits per heavy atom. The van der Waals surface area contributed by atoms with Gasteiger partial charge in [-0.2, -0.15) is 0 Å². The zero-order chi connectivity index (χ0) is 19.1. The quantitative estimate of drug-likeness (QED) is 0.846. The molecule has 27 heavy (non-hydrogen) atoms. The van der Waals surface area contributed by atoms with E-state index in [1.54, 1.807) is 29.2 Å². The summed E-state index contributed by atoms with van der Waals surface area (Å²) in [6, 6.07) is 16.0. The van der Waals surface area contributed by atoms with Crippen molar-refractivity contribution in [2.75, 3.05) is 33.4 Å². The molecule has 0 unspecified atom stereocenters. The maximum Gasteiger partial charge on any atom is 0.255 e. The van der Waals surface area contributed by atoms with Gasteiger partial charge >= 0.3 is 0 Å². The first kappa shape index (κ1) is 18.9. The summed E-state index contributed by atoms with van der Waals surface area (Å²) in [5.74, 6) is 0.0627. The van der Waals surface area contributed by atoms with Crippen molar-refractivity contribution in [2.24, 2.45) is 0 Å². The number of carbonyl (C=O) groups excluding carboxylic acids is 2. The van der Waals surface area contributed by atoms with E-state index in [1.807, 2.05) is 30.3 Å². The van der Waals surface area contributed by atoms with Crippen LogP contribution in [0.4, 0.5) is 0 Å². The van der Waals surface area contributed by atoms with Gasteiger partial charge in [-0.15, -0.1) is 0 Å². The van der Waals surface area contributed by atoms with E-state index in [-0.39, 0.29) is 11.8 Å². The summed E-state index contributed by atoms with van der Waals surface area (Å²) in [5.41, 5.74) is 1.40. The maximum atomic E-state index is 13.0. The normalized spacial score (nSPS) is 15.1. The molecule has 1 N–H and O–H groups in total. The van der Waals surface area contributed by atoms with Crippen LogP contribution in [-0.4, -0.2) is 56.2 Å². The third-order valence-electron chi connectivity index (χ3n) is 4.56. The number of amides is 2. The molecule has 0 aromatic heterocycles. The van der Waals surface area contributed by atoms with E-state index in [9.17, 15) is 9.59 Å². The highest BCUT2D eigenvalue weighted by Gasteiger charge is 2.28. The van der Waals surface area contributed by atoms with Crippen molar-refractivity contribution in [3.05, 3.63) is 65.7 Å². The van der Waals surface area contributed by atoms with Crippen molar-refractivity contribution in [1.82, 2.24) is 10.2 Å². The molecule has 3 rings (SSSR count). The standard InChI is InChI=1S/C21H24N2O4/c1-26-19-10-6-5-9-17(19)20(24)22-18(15-16-7-3-2-4-8-16)21(25)23-11-13-27-14-12-23/h2-10,18H,11-15H2,1H3,(H,22,24)/t18-/m0/s1. The van der Waals surface area contributed by atoms with Crippen LogP contribution in [0.1, 0.15) is 15.9 Å². The van der Waals surface area contributed by atoms with Crippen LogP contribution in [0.25, 0.3) is 0 Å². The van der Waals surface area contributed by atoms with Gasteiger partial charge in [-0.3, -0.25) is 9.59 Å². The molecule has 0 radical (unpaired) electrons. The average molecular weight is 368 g/mol. The van der Waals surface area contributed by atoms with Crippen molar-refractivity contribution in [3.63, 3.8) is 0 Å². The summed E-state index contributed by atoms with van der Waals surface area (Å²) in [6.07, 6.45) is 0.428. The number of methoxy groups -OCH3 is 1. The molecule has 0 aliphatic carbocycles. The van der Waals surface area contributed by atoms with Crippen LogP contribution in [0, 0.1) is 0 Å². The molecule has 2 aromatic rings. The summed E-state index contributed by atoms with van der Waals surface area (Å²) < 4.78 is 10.6. The van der Waals surface area contributed by atoms with Gasteiger partial charge in [0.15, 0.2) is 0 Å². The minimum atomic E-state index is -0.650. The fraction of sp³-hybridized carbons (Fsp3) is 0.333. The van der Waals surface area contributed by atoms with Gasteiger partial charge in [0.25, 0.3) is 5.91 Å². The van der Waals surface area contributed by atoms with E-state index in [1.165, 1.54) is 7.11 Å². The molecule has 2 aromatic carbocycles. The Morgan fingerprint density at radius 1 is 1.07 bits per heavy atom. The van der Waals surface area contributed by atoms with Gasteiger partial charge < -0.3 is 19.7 Å². The van der Waals surface area contributed by atoms with E-state index < -0.39 is 6.04 Å². The van der Waals surface area contributed by atoms with Gasteiger partial charge in [-0.25, -0.2) is 0 Å². The largest absolute Gasteiger partial charge is 0.496 e. The molecule has 1 aliphatic rings. The van der Waals surface area contributed by atoms with E-state index in [2.05, 4.69) is 5.32 Å². The van der Waals surface area contributed by atoms with Crippen LogP contribution >= 0.6 is 0 Å². The lowest BCUT2D eigenvalue weighted by atomic mass is 10.0. The van der Waals surface area contributed by atoms with Gasteiger partial charge in [0, 0.05) is 19.5 Å². The molecule has 6 nitrogen and oxygen atoms in total. The summed E-state index contributed by atoms with van der Waals surface area (Å²) in [5, 5.41) is 2.90. The first-order valence-corrected chi connectivity index (χ1v) is 9.03. The molecule has 1 heterocycles. The van der Waals surface area contributed by atoms with Gasteiger partial charge in [-0.1, -0.05) is 42.5 Å². The van der Waals surface area contributed by atoms with Gasteiger partial charge in [0.1, 0.15) is 11.8 Å². The fourth-order valence-corrected chi connectivity index (χ4v) is 3.12. The van der Waals surface area contributed by atoms with E-state index >= 15 is 0 Å². The molecule has 1 atom stereocenters. The molecule has 2 amide bonds. The number of rotatable bonds is 6. The van der Waals surface area contributed by atoms with Crippen LogP contribution in [0.3, 0.4) is 0 Å². The lowest BCUT2D eigenvalue weighted by molar-refractivity contribution is -0.137. The SMILES string of the molecule is COc1ccccc1C(=O)N[C@@H](Cc1ccccc1)C(=O)N1CCOCC1. The smallest absolute Gasteiger partial charge is 0.255 e. The highest BCUT2D eigenvalue weighted by Crippen LogP contribution is 2.18. The lowest BCUT2D eigenvalue weighted by Gasteiger charge is -2.31. The Kier molecular flexibility index (Phi) is 6.44. The maximum absolute atomic E-state index is 13.0. The van der Waals surface area contributed by atoms with E-state index in [4.69, 9.17) is 9.47 Å². The van der Waals surface area contributed by atoms with E-state index in [0.717, 1.165) is 5.56 Å². The molecular formula is C21H24N2O4. The predicted octanol–water partition coefficient (Wildman–Crippen LogP) is 1.90. The lowest BCUT2D eigenvalue weighted by Crippen LogP contribution is -2.52. The summed E-state index contributed by atoms with van der Waals surface area (Å²) in [7, 11) is 1.52. The Bertz CT molecular complexity index is 773. The molecule has 6 heteroatoms. The van der Waals surface area contributed by atoms with Crippen molar-refractivity contribution in [2.45, 2.75) is 12.5 Å². The number of hydrogen-bond acceptors (Lipinski definition) is 4. The molecule has 1 fully saturated rings. The first-order valence-electron chi connectivity index (χ1n) is 9.03. The van der Waals surface area contributed by atoms with Crippen LogP contribution in [0.15, 0.2) is 54.6 Å². The third kappa shape index (κ3) is 4.86. The summed E-state index contributed by atoms with van der Waals surface area (Å²) >= 11 is 0. The molecule has 142 valence electrons. The average Bonchev–Trinajstić information content (AvgIpc) is 2.74. The fourth-order valence-electron chi connectivity index (χ4n) is 3.12. The van der Waals surface area contributed by atoms with Crippen molar-refractivity contribution in [3.8, 4) is 5.75 Å². The Balaban J connectivity index is 1.80. The minimum Gasteiger partial charge on any atom is -0.496 e. The molecule has 1 saturated heterocycles. The molecule has 0 saturated carbocycles. The highest BCUT2D eigenvalue weighted by atomic mass is 16.5. The summed E-state index contributed by atoms with van der Waals surface area (Å²) in [6.45, 7) is 2.11. The van der Waals surface area contributed by atoms with E-state index in [0.29, 0.717) is 44.0 Å². The molecule has 0 spiro atoms. The number of para-hydroxylation sites is 1. The molecular weight excluding hydrogens is 344 g/mol. The van der Waals surface area contributed by atoms with Crippen molar-refractivity contribution in [1.29, 1.82) is 0 Å². The number of benzene rings is 2. The number of nitrogens with one attached hydrogen (secondary N) is 1. The number of morpholine rings is 1. The Labute approximate surface area is 159 Å². The Hall–Kier alpha value is -2.86. The Morgan fingerprint density at radius 3 is 2.44 bits per heavy atom. The number of carbonyl (C=O) groups is 2. The van der Waals surface area contributed by atoms with Crippen LogP contribution in [0.5, 0.6) is 5.75 Å². The minimum absolute atomic E-state index is 0.0922. The van der Waals surface area contributed by atoms with Crippen LogP contribution < -0.4 is 10.1 Å². The highest BCUT2D eigenvalue weighted by molar-refractivity contribution is 5.99. The van der Waals surface area contributed by atoms with Gasteiger partial charge in [0.05, 0.1) is 25.9 Å². The molecule has 1 aliphatic heterocycles. The monoisotopic (exact) mass is 368 g/mol. The van der Waals surface area contributed by atoms with Gasteiger partial charge in [-0.05, 0) is 17.7 Å². The van der Waals surface area contributed by atoms with Crippen molar-refractivity contribution >= 4 is 11.8 Å². The number of nitrogens with zero attached hydrogens (tertiary/aromatic N) is 1. The second-order valence-electron chi connectivity index (χ2n) is 6.35. The number of ether oxygens (including phenoxy) is 2. The summed E-state index contributed by atoms with van der Waals surface area (Å²) in [4.78, 5) is 27.6. The second-order valence-corrected chi connectivity index (χ2v) is 6.35. The third-order valence-corrected chi connectivity index (χ3v) is 4.56. The zero-order valence-electron chi connectivity index (χ0n) is 15.4. The second kappa shape index (κ2) is 9.19. The van der Waals surface area contributed by atoms with Gasteiger partial charge in [0.2, 0.25) is 5.91 Å². The first-order chi connectivity index (χ1) is 13.2. The van der Waals surface area contributed by atoms with Crippen LogP contribution in [0.2, 0.25) is 0 Å². The zero-order valence-corrected chi connectivity index (χ0v) is 15.4. The predicted molar refractivity (Wildman–Crippen MR) is 102 cm³/mol. The number of hydrogen-bond donors (Lipinski definition) is 1. The topological polar surface area (TPSA) is 67.9 Å². The molecule has 0 bridgehead atoms. The van der Waals surface area contributed by atoms with Crippen LogP contribution in [-0.2, 0) is 16.0 Å². The van der Waals surface area contributed by atoms with Crippen molar-refractivity contribution < 1.29 is 19.1 Å².